The van der Waals surface area contributed by atoms with Gasteiger partial charge in [-0.05, 0) is 30.6 Å². The Morgan fingerprint density at radius 3 is 2.41 bits per heavy atom. The number of esters is 1. The van der Waals surface area contributed by atoms with Gasteiger partial charge >= 0.3 is 5.97 Å². The van der Waals surface area contributed by atoms with E-state index in [1.54, 1.807) is 0 Å². The second kappa shape index (κ2) is 3.72. The van der Waals surface area contributed by atoms with Gasteiger partial charge in [0, 0.05) is 5.41 Å². The standard InChI is InChI=1S/C13H20O4/c1-12(2)8-4-5-13(12,3)9(6-8)17-11(16)7-10(14)15/h8-9H,4-7H2,1-3H3,(H,14,15)/p-1/t8-,9+,13-/m1/s1. The minimum Gasteiger partial charge on any atom is -0.550 e. The topological polar surface area (TPSA) is 66.4 Å². The normalized spacial score (nSPS) is 38.1. The number of fused-ring (bicyclic) bond motifs is 2. The van der Waals surface area contributed by atoms with Gasteiger partial charge in [-0.15, -0.1) is 0 Å². The molecule has 2 fully saturated rings. The minimum absolute atomic E-state index is 0.0146. The summed E-state index contributed by atoms with van der Waals surface area (Å²) in [5, 5.41) is 10.3. The molecule has 2 aliphatic carbocycles. The van der Waals surface area contributed by atoms with E-state index in [9.17, 15) is 14.7 Å². The van der Waals surface area contributed by atoms with E-state index in [-0.39, 0.29) is 16.9 Å². The monoisotopic (exact) mass is 239 g/mol. The largest absolute Gasteiger partial charge is 0.550 e. The molecule has 0 aromatic heterocycles. The van der Waals surface area contributed by atoms with Crippen LogP contribution in [0.4, 0.5) is 0 Å². The fourth-order valence-electron chi connectivity index (χ4n) is 3.63. The Morgan fingerprint density at radius 2 is 2.00 bits per heavy atom. The molecule has 0 amide bonds. The predicted octanol–water partition coefficient (Wildman–Crippen LogP) is 0.884. The number of carbonyl (C=O) groups excluding carboxylic acids is 2. The van der Waals surface area contributed by atoms with Crippen molar-refractivity contribution in [2.45, 2.75) is 52.6 Å². The number of carbonyl (C=O) groups is 2. The average molecular weight is 239 g/mol. The smallest absolute Gasteiger partial charge is 0.311 e. The van der Waals surface area contributed by atoms with Crippen LogP contribution in [0, 0.1) is 16.7 Å². The maximum absolute atomic E-state index is 11.4. The van der Waals surface area contributed by atoms with Crippen molar-refractivity contribution in [3.63, 3.8) is 0 Å². The first kappa shape index (κ1) is 12.4. The maximum Gasteiger partial charge on any atom is 0.311 e. The number of carboxylic acids is 1. The van der Waals surface area contributed by atoms with E-state index in [0.29, 0.717) is 5.92 Å². The van der Waals surface area contributed by atoms with Crippen LogP contribution in [0.15, 0.2) is 0 Å². The summed E-state index contributed by atoms with van der Waals surface area (Å²) in [5.41, 5.74) is 0.151. The number of aliphatic carboxylic acids is 1. The molecule has 3 atom stereocenters. The summed E-state index contributed by atoms with van der Waals surface area (Å²) in [6.45, 7) is 6.59. The van der Waals surface area contributed by atoms with Crippen molar-refractivity contribution in [1.29, 1.82) is 0 Å². The fraction of sp³-hybridized carbons (Fsp3) is 0.846. The molecule has 0 aliphatic heterocycles. The second-order valence-electron chi connectivity index (χ2n) is 6.14. The third kappa shape index (κ3) is 1.74. The number of hydrogen-bond donors (Lipinski definition) is 0. The van der Waals surface area contributed by atoms with Gasteiger partial charge in [0.25, 0.3) is 0 Å². The molecule has 96 valence electrons. The van der Waals surface area contributed by atoms with Crippen LogP contribution in [0.2, 0.25) is 0 Å². The predicted molar refractivity (Wildman–Crippen MR) is 58.7 cm³/mol. The summed E-state index contributed by atoms with van der Waals surface area (Å²) in [5.74, 6) is -1.46. The minimum atomic E-state index is -1.37. The molecule has 0 radical (unpaired) electrons. The lowest BCUT2D eigenvalue weighted by molar-refractivity contribution is -0.305. The quantitative estimate of drug-likeness (QED) is 0.541. The molecule has 0 aromatic carbocycles. The van der Waals surface area contributed by atoms with E-state index in [2.05, 4.69) is 20.8 Å². The Hall–Kier alpha value is -1.06. The lowest BCUT2D eigenvalue weighted by Gasteiger charge is -2.38. The van der Waals surface area contributed by atoms with Gasteiger partial charge in [-0.25, -0.2) is 0 Å². The molecule has 17 heavy (non-hydrogen) atoms. The van der Waals surface area contributed by atoms with Gasteiger partial charge < -0.3 is 14.6 Å². The fourth-order valence-corrected chi connectivity index (χ4v) is 3.63. The molecule has 2 rings (SSSR count). The van der Waals surface area contributed by atoms with Crippen molar-refractivity contribution >= 4 is 11.9 Å². The van der Waals surface area contributed by atoms with Crippen molar-refractivity contribution < 1.29 is 19.4 Å². The lowest BCUT2D eigenvalue weighted by Crippen LogP contribution is -2.39. The third-order valence-electron chi connectivity index (χ3n) is 5.28. The van der Waals surface area contributed by atoms with Crippen LogP contribution in [0.3, 0.4) is 0 Å². The molecule has 4 heteroatoms. The number of ether oxygens (including phenoxy) is 1. The summed E-state index contributed by atoms with van der Waals surface area (Å²) >= 11 is 0. The van der Waals surface area contributed by atoms with Crippen LogP contribution < -0.4 is 5.11 Å². The van der Waals surface area contributed by atoms with Gasteiger partial charge in [-0.3, -0.25) is 4.79 Å². The van der Waals surface area contributed by atoms with Crippen LogP contribution in [0.1, 0.15) is 46.5 Å². The van der Waals surface area contributed by atoms with Crippen LogP contribution >= 0.6 is 0 Å². The van der Waals surface area contributed by atoms with E-state index in [1.807, 2.05) is 0 Å². The Balaban J connectivity index is 2.06. The second-order valence-corrected chi connectivity index (χ2v) is 6.14. The molecule has 0 aromatic rings. The summed E-state index contributed by atoms with van der Waals surface area (Å²) < 4.78 is 5.33. The molecule has 0 heterocycles. The van der Waals surface area contributed by atoms with Crippen molar-refractivity contribution in [1.82, 2.24) is 0 Å². The van der Waals surface area contributed by atoms with Crippen LogP contribution in [0.25, 0.3) is 0 Å². The van der Waals surface area contributed by atoms with Crippen molar-refractivity contribution in [2.24, 2.45) is 16.7 Å². The van der Waals surface area contributed by atoms with Crippen LogP contribution in [-0.4, -0.2) is 18.0 Å². The van der Waals surface area contributed by atoms with E-state index < -0.39 is 18.4 Å². The highest BCUT2D eigenvalue weighted by atomic mass is 16.5. The highest BCUT2D eigenvalue weighted by Gasteiger charge is 2.62. The van der Waals surface area contributed by atoms with Crippen LogP contribution in [0.5, 0.6) is 0 Å². The average Bonchev–Trinajstić information content (AvgIpc) is 2.49. The van der Waals surface area contributed by atoms with E-state index in [0.717, 1.165) is 12.8 Å². The molecular formula is C13H19O4-. The molecule has 2 saturated carbocycles. The molecule has 0 unspecified atom stereocenters. The van der Waals surface area contributed by atoms with E-state index in [1.165, 1.54) is 6.42 Å². The Labute approximate surface area is 101 Å². The van der Waals surface area contributed by atoms with Crippen molar-refractivity contribution in [3.8, 4) is 0 Å². The van der Waals surface area contributed by atoms with Gasteiger partial charge in [-0.2, -0.15) is 0 Å². The molecule has 2 aliphatic rings. The highest BCUT2D eigenvalue weighted by molar-refractivity contribution is 5.89. The molecule has 0 spiro atoms. The molecule has 0 saturated heterocycles. The number of carboxylic acid groups (broad SMARTS) is 1. The summed E-state index contributed by atoms with van der Waals surface area (Å²) in [4.78, 5) is 21.7. The lowest BCUT2D eigenvalue weighted by atomic mass is 9.70. The zero-order valence-corrected chi connectivity index (χ0v) is 10.6. The first-order chi connectivity index (χ1) is 7.77. The molecule has 4 nitrogen and oxygen atoms in total. The van der Waals surface area contributed by atoms with E-state index >= 15 is 0 Å². The van der Waals surface area contributed by atoms with Gasteiger partial charge in [0.2, 0.25) is 0 Å². The van der Waals surface area contributed by atoms with Gasteiger partial charge in [-0.1, -0.05) is 20.8 Å². The zero-order valence-electron chi connectivity index (χ0n) is 10.6. The van der Waals surface area contributed by atoms with Crippen LogP contribution in [-0.2, 0) is 14.3 Å². The highest BCUT2D eigenvalue weighted by Crippen LogP contribution is 2.66. The molecule has 2 bridgehead atoms. The Morgan fingerprint density at radius 1 is 1.35 bits per heavy atom. The summed E-state index contributed by atoms with van der Waals surface area (Å²) in [6, 6.07) is 0. The Kier molecular flexibility index (Phi) is 2.71. The van der Waals surface area contributed by atoms with Gasteiger partial charge in [0.15, 0.2) is 0 Å². The first-order valence-electron chi connectivity index (χ1n) is 6.16. The zero-order chi connectivity index (χ0) is 12.8. The first-order valence-corrected chi connectivity index (χ1v) is 6.16. The SMILES string of the molecule is CC1(C)[C@@H]2CC[C@]1(C)[C@@H](OC(=O)CC(=O)[O-])C2. The summed E-state index contributed by atoms with van der Waals surface area (Å²) in [7, 11) is 0. The molecular weight excluding hydrogens is 220 g/mol. The maximum atomic E-state index is 11.4. The van der Waals surface area contributed by atoms with E-state index in [4.69, 9.17) is 4.74 Å². The number of hydrogen-bond acceptors (Lipinski definition) is 4. The van der Waals surface area contributed by atoms with Gasteiger partial charge in [0.1, 0.15) is 6.10 Å². The van der Waals surface area contributed by atoms with Gasteiger partial charge in [0.05, 0.1) is 12.4 Å². The summed E-state index contributed by atoms with van der Waals surface area (Å²) in [6.07, 6.45) is 2.31. The third-order valence-corrected chi connectivity index (χ3v) is 5.28. The van der Waals surface area contributed by atoms with Crippen molar-refractivity contribution in [2.75, 3.05) is 0 Å². The Bertz CT molecular complexity index is 360. The van der Waals surface area contributed by atoms with Crippen molar-refractivity contribution in [3.05, 3.63) is 0 Å². The molecule has 0 N–H and O–H groups in total. The number of rotatable bonds is 3.